The average molecular weight is 262 g/mol. The van der Waals surface area contributed by atoms with Crippen molar-refractivity contribution < 1.29 is 13.0 Å². The predicted octanol–water partition coefficient (Wildman–Crippen LogP) is 3.35. The summed E-state index contributed by atoms with van der Waals surface area (Å²) in [6.45, 7) is 0. The van der Waals surface area contributed by atoms with Gasteiger partial charge in [0.1, 0.15) is 0 Å². The van der Waals surface area contributed by atoms with E-state index in [-0.39, 0.29) is 4.90 Å². The van der Waals surface area contributed by atoms with Crippen molar-refractivity contribution in [1.29, 1.82) is 0 Å². The quantitative estimate of drug-likeness (QED) is 0.680. The summed E-state index contributed by atoms with van der Waals surface area (Å²) in [5.41, 5.74) is 1.02. The third-order valence-electron chi connectivity index (χ3n) is 2.15. The van der Waals surface area contributed by atoms with Crippen molar-refractivity contribution in [2.75, 3.05) is 0 Å². The zero-order chi connectivity index (χ0) is 13.0. The Labute approximate surface area is 105 Å². The predicted molar refractivity (Wildman–Crippen MR) is 66.9 cm³/mol. The SMILES string of the molecule is O=S(=O)(O)c1cccc(/N=N/c2ccccc2)c1. The minimum Gasteiger partial charge on any atom is -0.282 e. The maximum absolute atomic E-state index is 10.9. The number of nitrogens with zero attached hydrogens (tertiary/aromatic N) is 2. The van der Waals surface area contributed by atoms with Crippen LogP contribution in [0.5, 0.6) is 0 Å². The molecule has 0 fully saturated rings. The van der Waals surface area contributed by atoms with Crippen molar-refractivity contribution in [2.24, 2.45) is 10.2 Å². The fourth-order valence-corrected chi connectivity index (χ4v) is 1.84. The molecule has 0 bridgehead atoms. The summed E-state index contributed by atoms with van der Waals surface area (Å²) >= 11 is 0. The lowest BCUT2D eigenvalue weighted by molar-refractivity contribution is 0.483. The molecule has 0 saturated carbocycles. The third-order valence-corrected chi connectivity index (χ3v) is 3.00. The first-order valence-electron chi connectivity index (χ1n) is 5.10. The molecule has 6 heteroatoms. The van der Waals surface area contributed by atoms with E-state index < -0.39 is 10.1 Å². The van der Waals surface area contributed by atoms with Gasteiger partial charge < -0.3 is 0 Å². The summed E-state index contributed by atoms with van der Waals surface area (Å²) < 4.78 is 30.8. The minimum atomic E-state index is -4.21. The van der Waals surface area contributed by atoms with Gasteiger partial charge in [0.2, 0.25) is 0 Å². The van der Waals surface area contributed by atoms with Crippen LogP contribution >= 0.6 is 0 Å². The first kappa shape index (κ1) is 12.4. The molecule has 2 rings (SSSR count). The van der Waals surface area contributed by atoms with Gasteiger partial charge >= 0.3 is 0 Å². The van der Waals surface area contributed by atoms with Crippen LogP contribution in [-0.2, 0) is 10.1 Å². The van der Waals surface area contributed by atoms with Crippen LogP contribution in [0.1, 0.15) is 0 Å². The molecule has 0 spiro atoms. The highest BCUT2D eigenvalue weighted by molar-refractivity contribution is 7.85. The highest BCUT2D eigenvalue weighted by Gasteiger charge is 2.08. The second-order valence-electron chi connectivity index (χ2n) is 3.51. The Bertz CT molecular complexity index is 667. The second kappa shape index (κ2) is 5.07. The summed E-state index contributed by atoms with van der Waals surface area (Å²) in [5.74, 6) is 0. The Kier molecular flexibility index (Phi) is 3.50. The van der Waals surface area contributed by atoms with Crippen LogP contribution in [-0.4, -0.2) is 13.0 Å². The molecule has 0 aliphatic carbocycles. The number of hydrogen-bond donors (Lipinski definition) is 1. The van der Waals surface area contributed by atoms with Gasteiger partial charge in [-0.2, -0.15) is 18.6 Å². The largest absolute Gasteiger partial charge is 0.294 e. The van der Waals surface area contributed by atoms with Gasteiger partial charge in [0.15, 0.2) is 0 Å². The smallest absolute Gasteiger partial charge is 0.282 e. The van der Waals surface area contributed by atoms with E-state index in [0.717, 1.165) is 0 Å². The van der Waals surface area contributed by atoms with E-state index in [4.69, 9.17) is 4.55 Å². The van der Waals surface area contributed by atoms with Gasteiger partial charge in [-0.05, 0) is 30.3 Å². The number of benzene rings is 2. The normalized spacial score (nSPS) is 11.8. The van der Waals surface area contributed by atoms with Gasteiger partial charge in [0.05, 0.1) is 16.3 Å². The lowest BCUT2D eigenvalue weighted by Crippen LogP contribution is -1.96. The first-order valence-corrected chi connectivity index (χ1v) is 6.54. The number of azo groups is 1. The lowest BCUT2D eigenvalue weighted by atomic mass is 10.3. The van der Waals surface area contributed by atoms with Crippen molar-refractivity contribution in [1.82, 2.24) is 0 Å². The van der Waals surface area contributed by atoms with E-state index in [1.54, 1.807) is 18.2 Å². The van der Waals surface area contributed by atoms with Gasteiger partial charge in [-0.3, -0.25) is 4.55 Å². The zero-order valence-corrected chi connectivity index (χ0v) is 10.1. The van der Waals surface area contributed by atoms with E-state index in [0.29, 0.717) is 11.4 Å². The van der Waals surface area contributed by atoms with Crippen molar-refractivity contribution in [3.05, 3.63) is 54.6 Å². The molecule has 0 aliphatic rings. The summed E-state index contributed by atoms with van der Waals surface area (Å²) in [6, 6.07) is 14.7. The number of rotatable bonds is 3. The fourth-order valence-electron chi connectivity index (χ4n) is 1.32. The first-order chi connectivity index (χ1) is 8.55. The molecule has 0 aliphatic heterocycles. The molecule has 2 aromatic rings. The third kappa shape index (κ3) is 3.22. The van der Waals surface area contributed by atoms with Crippen molar-refractivity contribution >= 4 is 21.5 Å². The van der Waals surface area contributed by atoms with E-state index in [1.807, 2.05) is 18.2 Å². The van der Waals surface area contributed by atoms with E-state index in [1.165, 1.54) is 18.2 Å². The van der Waals surface area contributed by atoms with Crippen LogP contribution in [0.25, 0.3) is 0 Å². The average Bonchev–Trinajstić information content (AvgIpc) is 2.37. The standard InChI is InChI=1S/C12H10N2O3S/c15-18(16,17)12-8-4-7-11(9-12)14-13-10-5-2-1-3-6-10/h1-9H,(H,15,16,17)/b14-13+. The molecule has 0 radical (unpaired) electrons. The fraction of sp³-hybridized carbons (Fsp3) is 0. The zero-order valence-electron chi connectivity index (χ0n) is 9.26. The van der Waals surface area contributed by atoms with E-state index in [2.05, 4.69) is 10.2 Å². The molecule has 1 N–H and O–H groups in total. The van der Waals surface area contributed by atoms with Gasteiger partial charge in [0, 0.05) is 0 Å². The molecule has 92 valence electrons. The van der Waals surface area contributed by atoms with Crippen LogP contribution in [0.4, 0.5) is 11.4 Å². The van der Waals surface area contributed by atoms with Crippen LogP contribution in [0.15, 0.2) is 69.7 Å². The van der Waals surface area contributed by atoms with Crippen LogP contribution in [0, 0.1) is 0 Å². The molecule has 18 heavy (non-hydrogen) atoms. The molecule has 0 saturated heterocycles. The Balaban J connectivity index is 2.28. The monoisotopic (exact) mass is 262 g/mol. The van der Waals surface area contributed by atoms with E-state index in [9.17, 15) is 8.42 Å². The van der Waals surface area contributed by atoms with Gasteiger partial charge in [-0.25, -0.2) is 0 Å². The van der Waals surface area contributed by atoms with Crippen LogP contribution < -0.4 is 0 Å². The molecule has 0 aromatic heterocycles. The topological polar surface area (TPSA) is 79.1 Å². The Morgan fingerprint density at radius 3 is 2.11 bits per heavy atom. The Hall–Kier alpha value is -2.05. The van der Waals surface area contributed by atoms with Crippen LogP contribution in [0.2, 0.25) is 0 Å². The molecule has 2 aromatic carbocycles. The summed E-state index contributed by atoms with van der Waals surface area (Å²) in [4.78, 5) is -0.202. The molecule has 0 amide bonds. The van der Waals surface area contributed by atoms with Gasteiger partial charge in [-0.1, -0.05) is 24.3 Å². The minimum absolute atomic E-state index is 0.202. The maximum atomic E-state index is 10.9. The summed E-state index contributed by atoms with van der Waals surface area (Å²) in [5, 5.41) is 7.85. The Morgan fingerprint density at radius 2 is 1.44 bits per heavy atom. The number of hydrogen-bond acceptors (Lipinski definition) is 4. The highest BCUT2D eigenvalue weighted by atomic mass is 32.2. The van der Waals surface area contributed by atoms with Crippen molar-refractivity contribution in [2.45, 2.75) is 4.90 Å². The molecular formula is C12H10N2O3S. The Morgan fingerprint density at radius 1 is 0.833 bits per heavy atom. The van der Waals surface area contributed by atoms with Crippen molar-refractivity contribution in [3.8, 4) is 0 Å². The summed E-state index contributed by atoms with van der Waals surface area (Å²) in [7, 11) is -4.21. The van der Waals surface area contributed by atoms with Crippen LogP contribution in [0.3, 0.4) is 0 Å². The highest BCUT2D eigenvalue weighted by Crippen LogP contribution is 2.20. The molecule has 5 nitrogen and oxygen atoms in total. The van der Waals surface area contributed by atoms with Gasteiger partial charge in [0.25, 0.3) is 10.1 Å². The van der Waals surface area contributed by atoms with E-state index >= 15 is 0 Å². The molecule has 0 atom stereocenters. The molecule has 0 unspecified atom stereocenters. The molecule has 0 heterocycles. The summed E-state index contributed by atoms with van der Waals surface area (Å²) in [6.07, 6.45) is 0. The maximum Gasteiger partial charge on any atom is 0.294 e. The van der Waals surface area contributed by atoms with Gasteiger partial charge in [-0.15, -0.1) is 0 Å². The molecular weight excluding hydrogens is 252 g/mol. The second-order valence-corrected chi connectivity index (χ2v) is 4.93. The van der Waals surface area contributed by atoms with Crippen molar-refractivity contribution in [3.63, 3.8) is 0 Å². The lowest BCUT2D eigenvalue weighted by Gasteiger charge is -1.97.